The van der Waals surface area contributed by atoms with Gasteiger partial charge in [0.15, 0.2) is 16.8 Å². The summed E-state index contributed by atoms with van der Waals surface area (Å²) in [6.07, 6.45) is 1.74. The van der Waals surface area contributed by atoms with E-state index < -0.39 is 0 Å². The molecule has 0 aliphatic carbocycles. The molecule has 2 aromatic heterocycles. The lowest BCUT2D eigenvalue weighted by Gasteiger charge is -2.12. The molecule has 0 aliphatic heterocycles. The zero-order valence-corrected chi connectivity index (χ0v) is 16.9. The smallest absolute Gasteiger partial charge is 0.196 e. The zero-order chi connectivity index (χ0) is 20.2. The Bertz CT molecular complexity index is 1120. The van der Waals surface area contributed by atoms with Gasteiger partial charge >= 0.3 is 0 Å². The average molecular weight is 404 g/mol. The third-order valence-corrected chi connectivity index (χ3v) is 5.43. The Morgan fingerprint density at radius 1 is 1.07 bits per heavy atom. The number of methoxy groups -OCH3 is 1. The third kappa shape index (κ3) is 3.95. The van der Waals surface area contributed by atoms with Crippen molar-refractivity contribution >= 4 is 17.5 Å². The van der Waals surface area contributed by atoms with Crippen LogP contribution in [0.3, 0.4) is 0 Å². The number of para-hydroxylation sites is 1. The molecule has 0 saturated carbocycles. The van der Waals surface area contributed by atoms with Crippen molar-refractivity contribution in [3.05, 3.63) is 78.1 Å². The molecule has 0 saturated heterocycles. The molecule has 146 valence electrons. The number of aryl methyl sites for hydroxylation is 1. The van der Waals surface area contributed by atoms with Gasteiger partial charge in [-0.15, -0.1) is 10.2 Å². The molecule has 0 atom stereocenters. The van der Waals surface area contributed by atoms with Gasteiger partial charge in [0.2, 0.25) is 0 Å². The van der Waals surface area contributed by atoms with Crippen LogP contribution >= 0.6 is 11.8 Å². The number of nitrogens with one attached hydrogen (secondary N) is 1. The van der Waals surface area contributed by atoms with Crippen molar-refractivity contribution in [1.82, 2.24) is 19.7 Å². The lowest BCUT2D eigenvalue weighted by Crippen LogP contribution is -2.05. The highest BCUT2D eigenvalue weighted by atomic mass is 32.2. The summed E-state index contributed by atoms with van der Waals surface area (Å²) >= 11 is 1.36. The fourth-order valence-corrected chi connectivity index (χ4v) is 3.84. The minimum atomic E-state index is 0.0114. The highest BCUT2D eigenvalue weighted by molar-refractivity contribution is 7.99. The number of nitrogens with zero attached hydrogens (tertiary/aromatic N) is 3. The molecule has 7 heteroatoms. The number of ketones is 1. The standard InChI is InChI=1S/C22H20N4O2S/c1-15-9-11-16(12-10-15)26-21(17-6-3-4-8-20(17)28-2)24-25-22(26)29-14-19(27)18-7-5-13-23-18/h3-13,23H,14H2,1-2H3. The molecule has 4 aromatic rings. The zero-order valence-electron chi connectivity index (χ0n) is 16.1. The predicted octanol–water partition coefficient (Wildman–Crippen LogP) is 4.55. The first-order valence-corrected chi connectivity index (χ1v) is 10.1. The van der Waals surface area contributed by atoms with E-state index in [1.165, 1.54) is 11.8 Å². The van der Waals surface area contributed by atoms with Gasteiger partial charge in [0, 0.05) is 11.9 Å². The molecular weight excluding hydrogens is 384 g/mol. The van der Waals surface area contributed by atoms with Crippen molar-refractivity contribution in [3.63, 3.8) is 0 Å². The van der Waals surface area contributed by atoms with E-state index in [4.69, 9.17) is 4.74 Å². The number of Topliss-reactive ketones (excluding diaryl/α,β-unsaturated/α-hetero) is 1. The van der Waals surface area contributed by atoms with Crippen LogP contribution in [0.15, 0.2) is 72.0 Å². The summed E-state index contributed by atoms with van der Waals surface area (Å²) < 4.78 is 7.48. The van der Waals surface area contributed by atoms with Gasteiger partial charge in [0.25, 0.3) is 0 Å². The molecule has 4 rings (SSSR count). The van der Waals surface area contributed by atoms with Crippen LogP contribution in [-0.4, -0.2) is 38.4 Å². The Hall–Kier alpha value is -3.32. The second kappa shape index (κ2) is 8.36. The van der Waals surface area contributed by atoms with Crippen LogP contribution in [0.4, 0.5) is 0 Å². The van der Waals surface area contributed by atoms with Crippen molar-refractivity contribution in [2.45, 2.75) is 12.1 Å². The molecule has 0 fully saturated rings. The summed E-state index contributed by atoms with van der Waals surface area (Å²) in [7, 11) is 1.64. The van der Waals surface area contributed by atoms with Gasteiger partial charge in [-0.3, -0.25) is 9.36 Å². The second-order valence-corrected chi connectivity index (χ2v) is 7.42. The lowest BCUT2D eigenvalue weighted by atomic mass is 10.1. The molecular formula is C22H20N4O2S. The Labute approximate surface area is 172 Å². The first-order valence-electron chi connectivity index (χ1n) is 9.12. The van der Waals surface area contributed by atoms with Crippen LogP contribution in [0.2, 0.25) is 0 Å². The van der Waals surface area contributed by atoms with Gasteiger partial charge in [0.05, 0.1) is 24.1 Å². The number of aromatic amines is 1. The molecule has 0 aliphatic rings. The number of carbonyl (C=O) groups excluding carboxylic acids is 1. The quantitative estimate of drug-likeness (QED) is 0.361. The molecule has 0 spiro atoms. The number of hydrogen-bond acceptors (Lipinski definition) is 5. The van der Waals surface area contributed by atoms with Gasteiger partial charge < -0.3 is 9.72 Å². The van der Waals surface area contributed by atoms with E-state index in [9.17, 15) is 4.79 Å². The molecule has 0 amide bonds. The van der Waals surface area contributed by atoms with E-state index in [1.807, 2.05) is 66.1 Å². The number of hydrogen-bond donors (Lipinski definition) is 1. The van der Waals surface area contributed by atoms with Crippen LogP contribution < -0.4 is 4.74 Å². The summed E-state index contributed by atoms with van der Waals surface area (Å²) in [5.74, 6) is 1.65. The fourth-order valence-electron chi connectivity index (χ4n) is 3.01. The molecule has 0 bridgehead atoms. The maximum absolute atomic E-state index is 12.4. The number of aromatic nitrogens is 4. The highest BCUT2D eigenvalue weighted by Gasteiger charge is 2.20. The van der Waals surface area contributed by atoms with Crippen molar-refractivity contribution in [1.29, 1.82) is 0 Å². The van der Waals surface area contributed by atoms with Crippen molar-refractivity contribution in [3.8, 4) is 22.8 Å². The number of ether oxygens (including phenoxy) is 1. The minimum absolute atomic E-state index is 0.0114. The van der Waals surface area contributed by atoms with Crippen LogP contribution in [0, 0.1) is 6.92 Å². The number of rotatable bonds is 7. The average Bonchev–Trinajstić information content (AvgIpc) is 3.43. The number of carbonyl (C=O) groups is 1. The number of H-pyrrole nitrogens is 1. The highest BCUT2D eigenvalue weighted by Crippen LogP contribution is 2.33. The summed E-state index contributed by atoms with van der Waals surface area (Å²) in [5, 5.41) is 9.45. The predicted molar refractivity (Wildman–Crippen MR) is 114 cm³/mol. The van der Waals surface area contributed by atoms with Gasteiger partial charge in [-0.2, -0.15) is 0 Å². The number of thioether (sulfide) groups is 1. The van der Waals surface area contributed by atoms with Crippen LogP contribution in [-0.2, 0) is 0 Å². The minimum Gasteiger partial charge on any atom is -0.496 e. The van der Waals surface area contributed by atoms with Crippen LogP contribution in [0.25, 0.3) is 17.1 Å². The van der Waals surface area contributed by atoms with E-state index in [1.54, 1.807) is 19.4 Å². The second-order valence-electron chi connectivity index (χ2n) is 6.47. The van der Waals surface area contributed by atoms with Gasteiger partial charge in [-0.25, -0.2) is 0 Å². The Morgan fingerprint density at radius 3 is 2.59 bits per heavy atom. The summed E-state index contributed by atoms with van der Waals surface area (Å²) in [6.45, 7) is 2.04. The molecule has 0 unspecified atom stereocenters. The maximum Gasteiger partial charge on any atom is 0.196 e. The van der Waals surface area contributed by atoms with E-state index in [-0.39, 0.29) is 11.5 Å². The fraction of sp³-hybridized carbons (Fsp3) is 0.136. The molecule has 2 heterocycles. The Balaban J connectivity index is 1.74. The van der Waals surface area contributed by atoms with E-state index >= 15 is 0 Å². The third-order valence-electron chi connectivity index (χ3n) is 4.50. The van der Waals surface area contributed by atoms with Crippen molar-refractivity contribution in [2.75, 3.05) is 12.9 Å². The van der Waals surface area contributed by atoms with Crippen molar-refractivity contribution in [2.24, 2.45) is 0 Å². The largest absolute Gasteiger partial charge is 0.496 e. The number of benzene rings is 2. The molecule has 6 nitrogen and oxygen atoms in total. The molecule has 1 N–H and O–H groups in total. The van der Waals surface area contributed by atoms with Crippen LogP contribution in [0.5, 0.6) is 5.75 Å². The van der Waals surface area contributed by atoms with Gasteiger partial charge in [-0.05, 0) is 43.3 Å². The molecule has 29 heavy (non-hydrogen) atoms. The Kier molecular flexibility index (Phi) is 5.48. The lowest BCUT2D eigenvalue weighted by molar-refractivity contribution is 0.101. The van der Waals surface area contributed by atoms with Crippen LogP contribution in [0.1, 0.15) is 16.1 Å². The van der Waals surface area contributed by atoms with Crippen molar-refractivity contribution < 1.29 is 9.53 Å². The normalized spacial score (nSPS) is 10.8. The van der Waals surface area contributed by atoms with E-state index in [0.29, 0.717) is 22.4 Å². The Morgan fingerprint density at radius 2 is 1.86 bits per heavy atom. The topological polar surface area (TPSA) is 72.8 Å². The van der Waals surface area contributed by atoms with E-state index in [2.05, 4.69) is 15.2 Å². The first-order chi connectivity index (χ1) is 14.2. The summed E-state index contributed by atoms with van der Waals surface area (Å²) in [6, 6.07) is 19.4. The maximum atomic E-state index is 12.4. The van der Waals surface area contributed by atoms with E-state index in [0.717, 1.165) is 16.8 Å². The summed E-state index contributed by atoms with van der Waals surface area (Å²) in [5.41, 5.74) is 3.52. The molecule has 2 aromatic carbocycles. The monoisotopic (exact) mass is 404 g/mol. The van der Waals surface area contributed by atoms with Gasteiger partial charge in [-0.1, -0.05) is 41.6 Å². The first kappa shape index (κ1) is 19.0. The molecule has 0 radical (unpaired) electrons. The SMILES string of the molecule is COc1ccccc1-c1nnc(SCC(=O)c2ccc[nH]2)n1-c1ccc(C)cc1. The summed E-state index contributed by atoms with van der Waals surface area (Å²) in [4.78, 5) is 15.4. The van der Waals surface area contributed by atoms with Gasteiger partial charge in [0.1, 0.15) is 5.75 Å².